The van der Waals surface area contributed by atoms with Crippen LogP contribution in [0.3, 0.4) is 0 Å². The van der Waals surface area contributed by atoms with Crippen LogP contribution in [0.1, 0.15) is 25.0 Å². The second-order valence-corrected chi connectivity index (χ2v) is 7.30. The van der Waals surface area contributed by atoms with Gasteiger partial charge in [-0.25, -0.2) is 0 Å². The standard InChI is InChI=1S/C28H24N2O.C2H6/c1-6-12-20(8-3)26-22-18-19(5)16-17-23(22)30-25-15-11-10-14-24(25)29(28(31)27(26)30)21(9-4)13-7-2;1-2/h6-18H,1-4H2,5H3;1-2H3/b20-12+,21-13+;. The molecule has 2 aromatic carbocycles. The number of hydrogen-bond donors (Lipinski definition) is 0. The highest BCUT2D eigenvalue weighted by molar-refractivity contribution is 6.06. The Balaban J connectivity index is 0.00000149. The Labute approximate surface area is 195 Å². The van der Waals surface area contributed by atoms with E-state index < -0.39 is 0 Å². The minimum atomic E-state index is -0.132. The van der Waals surface area contributed by atoms with E-state index in [1.165, 1.54) is 0 Å². The van der Waals surface area contributed by atoms with Crippen molar-refractivity contribution in [2.45, 2.75) is 20.8 Å². The topological polar surface area (TPSA) is 26.4 Å². The lowest BCUT2D eigenvalue weighted by atomic mass is 10.0. The van der Waals surface area contributed by atoms with Gasteiger partial charge >= 0.3 is 0 Å². The van der Waals surface area contributed by atoms with E-state index >= 15 is 0 Å². The summed E-state index contributed by atoms with van der Waals surface area (Å²) in [6, 6.07) is 14.1. The van der Waals surface area contributed by atoms with E-state index in [1.807, 2.05) is 48.6 Å². The maximum atomic E-state index is 14.0. The van der Waals surface area contributed by atoms with Gasteiger partial charge in [0.15, 0.2) is 0 Å². The summed E-state index contributed by atoms with van der Waals surface area (Å²) in [5.41, 5.74) is 6.63. The van der Waals surface area contributed by atoms with Crippen molar-refractivity contribution in [3.63, 3.8) is 0 Å². The number of benzene rings is 2. The lowest BCUT2D eigenvalue weighted by Gasteiger charge is -2.14. The van der Waals surface area contributed by atoms with Crippen molar-refractivity contribution in [1.29, 1.82) is 0 Å². The van der Waals surface area contributed by atoms with Crippen LogP contribution in [-0.2, 0) is 0 Å². The molecule has 0 fully saturated rings. The zero-order chi connectivity index (χ0) is 24.1. The molecule has 166 valence electrons. The minimum Gasteiger partial charge on any atom is -0.302 e. The summed E-state index contributed by atoms with van der Waals surface area (Å²) in [7, 11) is 0. The van der Waals surface area contributed by atoms with Crippen molar-refractivity contribution in [1.82, 2.24) is 8.97 Å². The third-order valence-electron chi connectivity index (χ3n) is 5.45. The highest BCUT2D eigenvalue weighted by atomic mass is 16.1. The first-order valence-corrected chi connectivity index (χ1v) is 11.1. The predicted molar refractivity (Wildman–Crippen MR) is 146 cm³/mol. The number of para-hydroxylation sites is 2. The van der Waals surface area contributed by atoms with Gasteiger partial charge in [0.05, 0.1) is 16.6 Å². The molecular formula is C30H30N2O. The van der Waals surface area contributed by atoms with Gasteiger partial charge in [0.2, 0.25) is 0 Å². The zero-order valence-corrected chi connectivity index (χ0v) is 19.6. The molecule has 0 bridgehead atoms. The summed E-state index contributed by atoms with van der Waals surface area (Å²) in [6.07, 6.45) is 10.5. The van der Waals surface area contributed by atoms with Gasteiger partial charge in [-0.15, -0.1) is 0 Å². The number of hydrogen-bond acceptors (Lipinski definition) is 1. The van der Waals surface area contributed by atoms with Gasteiger partial charge in [-0.1, -0.05) is 88.2 Å². The molecule has 4 aromatic rings. The molecule has 0 unspecified atom stereocenters. The Hall–Kier alpha value is -4.11. The molecular weight excluding hydrogens is 404 g/mol. The van der Waals surface area contributed by atoms with E-state index in [0.29, 0.717) is 11.2 Å². The molecule has 0 radical (unpaired) electrons. The van der Waals surface area contributed by atoms with Gasteiger partial charge in [-0.2, -0.15) is 0 Å². The van der Waals surface area contributed by atoms with Crippen molar-refractivity contribution in [2.75, 3.05) is 0 Å². The first kappa shape index (κ1) is 23.6. The third-order valence-corrected chi connectivity index (χ3v) is 5.45. The summed E-state index contributed by atoms with van der Waals surface area (Å²) in [5.74, 6) is 0. The number of allylic oxidation sites excluding steroid dienone is 8. The molecule has 0 spiro atoms. The lowest BCUT2D eigenvalue weighted by molar-refractivity contribution is 1.06. The van der Waals surface area contributed by atoms with Crippen molar-refractivity contribution < 1.29 is 0 Å². The van der Waals surface area contributed by atoms with Gasteiger partial charge in [0, 0.05) is 16.6 Å². The normalized spacial score (nSPS) is 11.8. The molecule has 3 nitrogen and oxygen atoms in total. The van der Waals surface area contributed by atoms with E-state index in [4.69, 9.17) is 0 Å². The Bertz CT molecular complexity index is 1520. The molecule has 2 aromatic heterocycles. The van der Waals surface area contributed by atoms with Crippen LogP contribution in [0, 0.1) is 6.92 Å². The number of rotatable bonds is 6. The summed E-state index contributed by atoms with van der Waals surface area (Å²) < 4.78 is 3.75. The van der Waals surface area contributed by atoms with E-state index in [1.54, 1.807) is 34.9 Å². The monoisotopic (exact) mass is 434 g/mol. The maximum absolute atomic E-state index is 14.0. The second-order valence-electron chi connectivity index (χ2n) is 7.30. The van der Waals surface area contributed by atoms with Crippen LogP contribution in [-0.4, -0.2) is 8.97 Å². The average molecular weight is 435 g/mol. The molecule has 0 aliphatic carbocycles. The Kier molecular flexibility index (Phi) is 7.14. The molecule has 4 rings (SSSR count). The molecule has 33 heavy (non-hydrogen) atoms. The SMILES string of the molecule is C=C/C=C(\C=C)c1c2cc(C)ccc2n2c1c(=O)n(/C(C=C)=C/C=C)c1ccccc12.CC. The van der Waals surface area contributed by atoms with Gasteiger partial charge in [-0.05, 0) is 48.9 Å². The first-order chi connectivity index (χ1) is 16.1. The second kappa shape index (κ2) is 10.0. The summed E-state index contributed by atoms with van der Waals surface area (Å²) in [4.78, 5) is 14.0. The molecule has 0 saturated heterocycles. The zero-order valence-electron chi connectivity index (χ0n) is 19.6. The van der Waals surface area contributed by atoms with Crippen molar-refractivity contribution in [2.24, 2.45) is 0 Å². The smallest absolute Gasteiger partial charge is 0.280 e. The first-order valence-electron chi connectivity index (χ1n) is 11.1. The van der Waals surface area contributed by atoms with E-state index in [0.717, 1.165) is 38.6 Å². The van der Waals surface area contributed by atoms with Crippen molar-refractivity contribution in [3.05, 3.63) is 127 Å². The predicted octanol–water partition coefficient (Wildman–Crippen LogP) is 7.71. The highest BCUT2D eigenvalue weighted by Crippen LogP contribution is 2.34. The highest BCUT2D eigenvalue weighted by Gasteiger charge is 2.21. The molecule has 0 aliphatic rings. The molecule has 3 heteroatoms. The van der Waals surface area contributed by atoms with Gasteiger partial charge < -0.3 is 4.40 Å². The molecule has 0 N–H and O–H groups in total. The van der Waals surface area contributed by atoms with Crippen LogP contribution in [0.15, 0.2) is 110 Å². The summed E-state index contributed by atoms with van der Waals surface area (Å²) in [6.45, 7) is 21.6. The minimum absolute atomic E-state index is 0.132. The molecule has 0 amide bonds. The maximum Gasteiger partial charge on any atom is 0.280 e. The number of nitrogens with zero attached hydrogens (tertiary/aromatic N) is 2. The van der Waals surface area contributed by atoms with Crippen LogP contribution in [0.25, 0.3) is 38.7 Å². The van der Waals surface area contributed by atoms with Gasteiger partial charge in [0.1, 0.15) is 5.52 Å². The molecule has 0 saturated carbocycles. The van der Waals surface area contributed by atoms with E-state index in [-0.39, 0.29) is 5.56 Å². The average Bonchev–Trinajstić information content (AvgIpc) is 3.17. The fraction of sp³-hybridized carbons (Fsp3) is 0.100. The Morgan fingerprint density at radius 1 is 0.848 bits per heavy atom. The van der Waals surface area contributed by atoms with Crippen LogP contribution in [0.5, 0.6) is 0 Å². The van der Waals surface area contributed by atoms with Crippen LogP contribution >= 0.6 is 0 Å². The van der Waals surface area contributed by atoms with Crippen LogP contribution in [0.4, 0.5) is 0 Å². The molecule has 0 aliphatic heterocycles. The molecule has 2 heterocycles. The number of aromatic nitrogens is 2. The lowest BCUT2D eigenvalue weighted by Crippen LogP contribution is -2.22. The Morgan fingerprint density at radius 3 is 2.12 bits per heavy atom. The number of aryl methyl sites for hydroxylation is 1. The largest absolute Gasteiger partial charge is 0.302 e. The quantitative estimate of drug-likeness (QED) is 0.285. The summed E-state index contributed by atoms with van der Waals surface area (Å²) in [5, 5.41) is 1.00. The Morgan fingerprint density at radius 2 is 1.52 bits per heavy atom. The number of fused-ring (bicyclic) bond motifs is 5. The summed E-state index contributed by atoms with van der Waals surface area (Å²) >= 11 is 0. The van der Waals surface area contributed by atoms with Gasteiger partial charge in [-0.3, -0.25) is 9.36 Å². The van der Waals surface area contributed by atoms with Crippen LogP contribution < -0.4 is 5.56 Å². The van der Waals surface area contributed by atoms with Crippen LogP contribution in [0.2, 0.25) is 0 Å². The molecule has 0 atom stereocenters. The fourth-order valence-corrected chi connectivity index (χ4v) is 4.20. The van der Waals surface area contributed by atoms with E-state index in [2.05, 4.69) is 51.4 Å². The third kappa shape index (κ3) is 3.83. The van der Waals surface area contributed by atoms with Crippen molar-refractivity contribution >= 4 is 38.7 Å². The fourth-order valence-electron chi connectivity index (χ4n) is 4.20. The van der Waals surface area contributed by atoms with E-state index in [9.17, 15) is 4.79 Å². The van der Waals surface area contributed by atoms with Gasteiger partial charge in [0.25, 0.3) is 5.56 Å². The van der Waals surface area contributed by atoms with Crippen molar-refractivity contribution in [3.8, 4) is 0 Å².